The first-order chi connectivity index (χ1) is 16.6. The van der Waals surface area contributed by atoms with E-state index in [9.17, 15) is 31.9 Å². The third kappa shape index (κ3) is 5.82. The van der Waals surface area contributed by atoms with Crippen molar-refractivity contribution in [2.24, 2.45) is 0 Å². The average Bonchev–Trinajstić information content (AvgIpc) is 3.27. The summed E-state index contributed by atoms with van der Waals surface area (Å²) in [6, 6.07) is 3.94. The Balaban J connectivity index is 1.69. The number of alkyl halides is 3. The SMILES string of the molecule is O=C(Cn1cc(C(=O)NCC(F)(F)F)c(=O)n2nc(C3CCOCC3)cc12)Nc1ccc(F)cn1. The van der Waals surface area contributed by atoms with Crippen molar-refractivity contribution in [1.82, 2.24) is 24.5 Å². The standard InChI is InChI=1S/C21H20F4N6O4/c22-13-1-2-16(26-8-13)28-17(32)10-30-9-14(19(33)27-11-21(23,24)25)20(34)31-18(30)7-15(29-31)12-3-5-35-6-4-12/h1-2,7-9,12H,3-6,10-11H2,(H,27,33)(H,26,28,32). The van der Waals surface area contributed by atoms with E-state index in [1.165, 1.54) is 10.6 Å². The van der Waals surface area contributed by atoms with Gasteiger partial charge in [0.05, 0.1) is 11.9 Å². The van der Waals surface area contributed by atoms with Gasteiger partial charge in [0.15, 0.2) is 0 Å². The van der Waals surface area contributed by atoms with Gasteiger partial charge in [0, 0.05) is 31.4 Å². The lowest BCUT2D eigenvalue weighted by atomic mass is 9.97. The van der Waals surface area contributed by atoms with Crippen molar-refractivity contribution in [2.45, 2.75) is 31.5 Å². The van der Waals surface area contributed by atoms with Gasteiger partial charge in [-0.15, -0.1) is 0 Å². The number of nitrogens with one attached hydrogen (secondary N) is 2. The van der Waals surface area contributed by atoms with Crippen molar-refractivity contribution in [1.29, 1.82) is 0 Å². The third-order valence-electron chi connectivity index (χ3n) is 5.35. The second kappa shape index (κ2) is 9.82. The summed E-state index contributed by atoms with van der Waals surface area (Å²) in [6.07, 6.45) is -1.46. The smallest absolute Gasteiger partial charge is 0.381 e. The van der Waals surface area contributed by atoms with Gasteiger partial charge in [-0.25, -0.2) is 9.37 Å². The summed E-state index contributed by atoms with van der Waals surface area (Å²) in [4.78, 5) is 41.7. The average molecular weight is 496 g/mol. The molecule has 2 amide bonds. The molecule has 3 aromatic rings. The minimum atomic E-state index is -4.68. The number of nitrogens with zero attached hydrogens (tertiary/aromatic N) is 4. The van der Waals surface area contributed by atoms with Gasteiger partial charge in [-0.1, -0.05) is 0 Å². The number of hydrogen-bond acceptors (Lipinski definition) is 6. The summed E-state index contributed by atoms with van der Waals surface area (Å²) >= 11 is 0. The fourth-order valence-corrected chi connectivity index (χ4v) is 3.67. The van der Waals surface area contributed by atoms with Crippen LogP contribution in [0.25, 0.3) is 5.65 Å². The quantitative estimate of drug-likeness (QED) is 0.503. The second-order valence-electron chi connectivity index (χ2n) is 7.91. The van der Waals surface area contributed by atoms with Crippen molar-refractivity contribution < 1.29 is 31.9 Å². The molecule has 14 heteroatoms. The Kier molecular flexibility index (Phi) is 6.82. The third-order valence-corrected chi connectivity index (χ3v) is 5.35. The van der Waals surface area contributed by atoms with Crippen molar-refractivity contribution in [2.75, 3.05) is 25.1 Å². The largest absolute Gasteiger partial charge is 0.405 e. The molecule has 3 aromatic heterocycles. The Morgan fingerprint density at radius 2 is 1.94 bits per heavy atom. The van der Waals surface area contributed by atoms with Gasteiger partial charge in [-0.2, -0.15) is 22.8 Å². The van der Waals surface area contributed by atoms with Crippen molar-refractivity contribution >= 4 is 23.3 Å². The van der Waals surface area contributed by atoms with Crippen LogP contribution in [0.4, 0.5) is 23.4 Å². The van der Waals surface area contributed by atoms with E-state index in [1.807, 2.05) is 0 Å². The predicted octanol–water partition coefficient (Wildman–Crippen LogP) is 1.85. The second-order valence-corrected chi connectivity index (χ2v) is 7.91. The molecule has 0 spiro atoms. The van der Waals surface area contributed by atoms with Crippen molar-refractivity contribution in [3.05, 3.63) is 58.0 Å². The molecule has 0 radical (unpaired) electrons. The molecule has 0 atom stereocenters. The topological polar surface area (TPSA) is 120 Å². The highest BCUT2D eigenvalue weighted by Gasteiger charge is 2.29. The zero-order valence-electron chi connectivity index (χ0n) is 18.1. The summed E-state index contributed by atoms with van der Waals surface area (Å²) in [5.74, 6) is -2.46. The van der Waals surface area contributed by atoms with Gasteiger partial charge in [-0.3, -0.25) is 14.4 Å². The highest BCUT2D eigenvalue weighted by Crippen LogP contribution is 2.26. The van der Waals surface area contributed by atoms with E-state index in [-0.39, 0.29) is 17.4 Å². The normalized spacial score (nSPS) is 14.7. The van der Waals surface area contributed by atoms with Crippen LogP contribution in [0.3, 0.4) is 0 Å². The molecule has 4 rings (SSSR count). The van der Waals surface area contributed by atoms with Crippen LogP contribution in [0.2, 0.25) is 0 Å². The molecule has 0 saturated carbocycles. The van der Waals surface area contributed by atoms with Gasteiger partial charge in [-0.05, 0) is 25.0 Å². The van der Waals surface area contributed by atoms with Gasteiger partial charge >= 0.3 is 6.18 Å². The maximum Gasteiger partial charge on any atom is 0.405 e. The van der Waals surface area contributed by atoms with Crippen molar-refractivity contribution in [3.8, 4) is 0 Å². The minimum absolute atomic E-state index is 0.0313. The first kappa shape index (κ1) is 24.3. The van der Waals surface area contributed by atoms with Crippen LogP contribution in [0.1, 0.15) is 34.8 Å². The molecule has 0 bridgehead atoms. The lowest BCUT2D eigenvalue weighted by Crippen LogP contribution is -2.38. The number of fused-ring (bicyclic) bond motifs is 1. The van der Waals surface area contributed by atoms with E-state index in [1.54, 1.807) is 11.4 Å². The van der Waals surface area contributed by atoms with Gasteiger partial charge in [0.25, 0.3) is 11.5 Å². The van der Waals surface area contributed by atoms with Crippen LogP contribution in [0.15, 0.2) is 35.4 Å². The Labute approximate surface area is 194 Å². The van der Waals surface area contributed by atoms with Crippen LogP contribution in [-0.4, -0.2) is 56.9 Å². The Morgan fingerprint density at radius 1 is 1.20 bits per heavy atom. The molecule has 35 heavy (non-hydrogen) atoms. The number of ether oxygens (including phenoxy) is 1. The first-order valence-electron chi connectivity index (χ1n) is 10.6. The number of carbonyl (C=O) groups is 2. The van der Waals surface area contributed by atoms with E-state index in [4.69, 9.17) is 4.74 Å². The number of amides is 2. The van der Waals surface area contributed by atoms with Crippen LogP contribution in [-0.2, 0) is 16.1 Å². The minimum Gasteiger partial charge on any atom is -0.381 e. The summed E-state index contributed by atoms with van der Waals surface area (Å²) in [7, 11) is 0. The fraction of sp³-hybridized carbons (Fsp3) is 0.381. The number of hydrogen-bond donors (Lipinski definition) is 2. The summed E-state index contributed by atoms with van der Waals surface area (Å²) in [6.45, 7) is -1.06. The van der Waals surface area contributed by atoms with E-state index in [2.05, 4.69) is 15.4 Å². The Hall–Kier alpha value is -3.81. The molecule has 1 fully saturated rings. The molecule has 1 aliphatic rings. The molecule has 4 heterocycles. The number of pyridine rings is 1. The number of aromatic nitrogens is 4. The predicted molar refractivity (Wildman–Crippen MR) is 113 cm³/mol. The molecule has 1 aliphatic heterocycles. The summed E-state index contributed by atoms with van der Waals surface area (Å²) in [5, 5.41) is 8.40. The molecule has 2 N–H and O–H groups in total. The van der Waals surface area contributed by atoms with E-state index >= 15 is 0 Å². The van der Waals surface area contributed by atoms with Gasteiger partial charge in [0.1, 0.15) is 35.9 Å². The van der Waals surface area contributed by atoms with Gasteiger partial charge < -0.3 is 19.9 Å². The molecule has 10 nitrogen and oxygen atoms in total. The van der Waals surface area contributed by atoms with Crippen LogP contribution in [0, 0.1) is 5.82 Å². The molecule has 1 saturated heterocycles. The monoisotopic (exact) mass is 496 g/mol. The number of anilines is 1. The lowest BCUT2D eigenvalue weighted by molar-refractivity contribution is -0.123. The van der Waals surface area contributed by atoms with E-state index < -0.39 is 48.0 Å². The molecule has 0 aromatic carbocycles. The van der Waals surface area contributed by atoms with E-state index in [0.29, 0.717) is 31.7 Å². The maximum atomic E-state index is 13.1. The zero-order valence-corrected chi connectivity index (χ0v) is 18.1. The lowest BCUT2D eigenvalue weighted by Gasteiger charge is -2.19. The van der Waals surface area contributed by atoms with Crippen molar-refractivity contribution in [3.63, 3.8) is 0 Å². The Morgan fingerprint density at radius 3 is 2.60 bits per heavy atom. The summed E-state index contributed by atoms with van der Waals surface area (Å²) < 4.78 is 58.2. The van der Waals surface area contributed by atoms with Crippen LogP contribution < -0.4 is 16.2 Å². The molecule has 0 aliphatic carbocycles. The number of carbonyl (C=O) groups excluding carboxylic acids is 2. The molecular weight excluding hydrogens is 476 g/mol. The Bertz CT molecular complexity index is 1300. The van der Waals surface area contributed by atoms with Gasteiger partial charge in [0.2, 0.25) is 5.91 Å². The maximum absolute atomic E-state index is 13.1. The summed E-state index contributed by atoms with van der Waals surface area (Å²) in [5.41, 5.74) is -0.829. The van der Waals surface area contributed by atoms with Crippen LogP contribution >= 0.6 is 0 Å². The number of rotatable bonds is 6. The van der Waals surface area contributed by atoms with E-state index in [0.717, 1.165) is 23.0 Å². The van der Waals surface area contributed by atoms with Crippen LogP contribution in [0.5, 0.6) is 0 Å². The number of halogens is 4. The zero-order chi connectivity index (χ0) is 25.2. The first-order valence-corrected chi connectivity index (χ1v) is 10.6. The molecule has 186 valence electrons. The molecule has 0 unspecified atom stereocenters. The fourth-order valence-electron chi connectivity index (χ4n) is 3.67. The highest BCUT2D eigenvalue weighted by atomic mass is 19.4. The highest BCUT2D eigenvalue weighted by molar-refractivity contribution is 5.94. The molecular formula is C21H20F4N6O4.